The maximum absolute atomic E-state index is 5.55. The monoisotopic (exact) mass is 142 g/mol. The summed E-state index contributed by atoms with van der Waals surface area (Å²) in [5, 5.41) is 0. The largest absolute Gasteiger partial charge is 0.276 e. The van der Waals surface area contributed by atoms with E-state index in [4.69, 9.17) is 5.84 Å². The van der Waals surface area contributed by atoms with Crippen molar-refractivity contribution in [1.29, 1.82) is 0 Å². The second kappa shape index (κ2) is 5.75. The van der Waals surface area contributed by atoms with Crippen LogP contribution < -0.4 is 5.84 Å². The first-order valence-corrected chi connectivity index (χ1v) is 4.66. The summed E-state index contributed by atoms with van der Waals surface area (Å²) in [5.41, 5.74) is 0. The summed E-state index contributed by atoms with van der Waals surface area (Å²) in [5.74, 6) is 5.55. The molecule has 0 radical (unpaired) electrons. The van der Waals surface area contributed by atoms with Crippen molar-refractivity contribution in [3.63, 3.8) is 0 Å². The number of hydrogen-bond acceptors (Lipinski definition) is 2. The average Bonchev–Trinajstić information content (AvgIpc) is 1.85. The van der Waals surface area contributed by atoms with E-state index in [1.807, 2.05) is 16.8 Å². The highest BCUT2D eigenvalue weighted by atomic mass is 28.2. The van der Waals surface area contributed by atoms with E-state index in [9.17, 15) is 0 Å². The molecule has 0 aromatic rings. The van der Waals surface area contributed by atoms with Gasteiger partial charge in [-0.15, -0.1) is 13.2 Å². The van der Waals surface area contributed by atoms with Crippen molar-refractivity contribution in [2.75, 3.05) is 6.54 Å². The normalized spacial score (nSPS) is 10.9. The molecule has 0 spiro atoms. The molecule has 2 N–H and O–H groups in total. The van der Waals surface area contributed by atoms with Gasteiger partial charge in [-0.2, -0.15) is 0 Å². The molecule has 0 heterocycles. The van der Waals surface area contributed by atoms with E-state index in [1.54, 1.807) is 0 Å². The van der Waals surface area contributed by atoms with Crippen LogP contribution in [0.15, 0.2) is 25.3 Å². The Morgan fingerprint density at radius 1 is 1.44 bits per heavy atom. The molecule has 0 aliphatic heterocycles. The molecule has 0 bridgehead atoms. The van der Waals surface area contributed by atoms with Gasteiger partial charge in [-0.25, -0.2) is 0 Å². The molecule has 0 saturated heterocycles. The van der Waals surface area contributed by atoms with Gasteiger partial charge in [0.2, 0.25) is 0 Å². The third kappa shape index (κ3) is 5.49. The van der Waals surface area contributed by atoms with Crippen LogP contribution in [0, 0.1) is 0 Å². The summed E-state index contributed by atoms with van der Waals surface area (Å²) >= 11 is 0. The Labute approximate surface area is 58.9 Å². The Bertz CT molecular complexity index is 93.1. The zero-order chi connectivity index (χ0) is 7.11. The smallest absolute Gasteiger partial charge is 0.118 e. The topological polar surface area (TPSA) is 29.3 Å². The molecular weight excluding hydrogens is 128 g/mol. The minimum Gasteiger partial charge on any atom is -0.276 e. The van der Waals surface area contributed by atoms with Crippen molar-refractivity contribution in [2.24, 2.45) is 5.84 Å². The van der Waals surface area contributed by atoms with Crippen LogP contribution in [0.1, 0.15) is 0 Å². The minimum absolute atomic E-state index is 0.254. The van der Waals surface area contributed by atoms with Crippen LogP contribution in [-0.4, -0.2) is 20.9 Å². The van der Waals surface area contributed by atoms with Gasteiger partial charge in [-0.1, -0.05) is 12.2 Å². The molecule has 0 amide bonds. The molecule has 0 fully saturated rings. The van der Waals surface area contributed by atoms with Gasteiger partial charge >= 0.3 is 0 Å². The van der Waals surface area contributed by atoms with E-state index in [0.29, 0.717) is 0 Å². The summed E-state index contributed by atoms with van der Waals surface area (Å²) in [6, 6.07) is 1.07. The Morgan fingerprint density at radius 3 is 2.56 bits per heavy atom. The van der Waals surface area contributed by atoms with Gasteiger partial charge in [0.25, 0.3) is 0 Å². The molecule has 0 aliphatic carbocycles. The van der Waals surface area contributed by atoms with Crippen molar-refractivity contribution in [3.05, 3.63) is 25.3 Å². The predicted octanol–water partition coefficient (Wildman–Crippen LogP) is 0.0362. The Morgan fingerprint density at radius 2 is 2.11 bits per heavy atom. The van der Waals surface area contributed by atoms with Crippen molar-refractivity contribution < 1.29 is 0 Å². The van der Waals surface area contributed by atoms with Crippen LogP contribution in [0.4, 0.5) is 0 Å². The zero-order valence-corrected chi connectivity index (χ0v) is 7.13. The number of nitrogens with zero attached hydrogens (tertiary/aromatic N) is 1. The van der Waals surface area contributed by atoms with E-state index < -0.39 is 0 Å². The van der Waals surface area contributed by atoms with Crippen LogP contribution in [0.2, 0.25) is 6.04 Å². The molecule has 3 heteroatoms. The fourth-order valence-electron chi connectivity index (χ4n) is 0.514. The predicted molar refractivity (Wildman–Crippen MR) is 44.6 cm³/mol. The maximum Gasteiger partial charge on any atom is 0.118 e. The lowest BCUT2D eigenvalue weighted by atomic mass is 10.7. The molecule has 52 valence electrons. The Kier molecular flexibility index (Phi) is 5.50. The maximum atomic E-state index is 5.55. The molecule has 9 heavy (non-hydrogen) atoms. The van der Waals surface area contributed by atoms with Gasteiger partial charge < -0.3 is 0 Å². The van der Waals surface area contributed by atoms with Gasteiger partial charge in [-0.3, -0.25) is 10.5 Å². The lowest BCUT2D eigenvalue weighted by Gasteiger charge is -2.10. The highest BCUT2D eigenvalue weighted by molar-refractivity contribution is 6.32. The first-order valence-electron chi connectivity index (χ1n) is 3.02. The van der Waals surface area contributed by atoms with Gasteiger partial charge in [0, 0.05) is 6.54 Å². The van der Waals surface area contributed by atoms with Crippen molar-refractivity contribution in [3.8, 4) is 0 Å². The second-order valence-corrected chi connectivity index (χ2v) is 3.70. The molecule has 0 rings (SSSR count). The van der Waals surface area contributed by atoms with E-state index in [2.05, 4.69) is 13.2 Å². The molecule has 0 unspecified atom stereocenters. The standard InChI is InChI=1S/C6H14N2Si/c1-3-5-8(7)9-6-4-2/h3-4H,1-2,5-7,9H2. The third-order valence-electron chi connectivity index (χ3n) is 0.984. The first kappa shape index (κ1) is 8.62. The minimum atomic E-state index is -0.254. The van der Waals surface area contributed by atoms with Gasteiger partial charge in [0.1, 0.15) is 9.68 Å². The molecule has 0 saturated carbocycles. The summed E-state index contributed by atoms with van der Waals surface area (Å²) in [6.45, 7) is 8.01. The SMILES string of the molecule is C=CC[SiH2]N(N)CC=C. The summed E-state index contributed by atoms with van der Waals surface area (Å²) in [6.07, 6.45) is 3.73. The number of hydrazine groups is 1. The molecule has 2 nitrogen and oxygen atoms in total. The first-order chi connectivity index (χ1) is 4.31. The Balaban J connectivity index is 3.14. The average molecular weight is 142 g/mol. The van der Waals surface area contributed by atoms with E-state index in [1.165, 1.54) is 0 Å². The highest BCUT2D eigenvalue weighted by Gasteiger charge is 1.91. The van der Waals surface area contributed by atoms with Crippen LogP contribution in [0.5, 0.6) is 0 Å². The summed E-state index contributed by atoms with van der Waals surface area (Å²) < 4.78 is 1.84. The van der Waals surface area contributed by atoms with Gasteiger partial charge in [-0.05, 0) is 6.04 Å². The van der Waals surface area contributed by atoms with Crippen LogP contribution >= 0.6 is 0 Å². The van der Waals surface area contributed by atoms with Gasteiger partial charge in [0.05, 0.1) is 0 Å². The van der Waals surface area contributed by atoms with Gasteiger partial charge in [0.15, 0.2) is 0 Å². The van der Waals surface area contributed by atoms with Crippen molar-refractivity contribution in [2.45, 2.75) is 6.04 Å². The molecular formula is C6H14N2Si. The number of rotatable bonds is 5. The summed E-state index contributed by atoms with van der Waals surface area (Å²) in [4.78, 5) is 0. The summed E-state index contributed by atoms with van der Waals surface area (Å²) in [7, 11) is -0.254. The second-order valence-electron chi connectivity index (χ2n) is 1.86. The van der Waals surface area contributed by atoms with Crippen LogP contribution in [0.3, 0.4) is 0 Å². The van der Waals surface area contributed by atoms with E-state index in [-0.39, 0.29) is 9.68 Å². The van der Waals surface area contributed by atoms with Crippen molar-refractivity contribution >= 4 is 9.68 Å². The van der Waals surface area contributed by atoms with Crippen LogP contribution in [0.25, 0.3) is 0 Å². The highest BCUT2D eigenvalue weighted by Crippen LogP contribution is 1.81. The molecule has 0 aliphatic rings. The number of hydrogen-bond donors (Lipinski definition) is 1. The quantitative estimate of drug-likeness (QED) is 0.254. The lowest BCUT2D eigenvalue weighted by Crippen LogP contribution is -2.34. The Hall–Kier alpha value is -0.383. The zero-order valence-electron chi connectivity index (χ0n) is 5.71. The fourth-order valence-corrected chi connectivity index (χ4v) is 1.39. The number of nitrogens with two attached hydrogens (primary N) is 1. The lowest BCUT2D eigenvalue weighted by molar-refractivity contribution is 0.520. The third-order valence-corrected chi connectivity index (χ3v) is 2.48. The molecule has 0 aromatic carbocycles. The molecule has 0 atom stereocenters. The van der Waals surface area contributed by atoms with E-state index in [0.717, 1.165) is 12.6 Å². The number of allylic oxidation sites excluding steroid dienone is 1. The van der Waals surface area contributed by atoms with Crippen LogP contribution in [-0.2, 0) is 0 Å². The van der Waals surface area contributed by atoms with Crippen molar-refractivity contribution in [1.82, 2.24) is 4.67 Å². The molecule has 0 aromatic heterocycles. The fraction of sp³-hybridized carbons (Fsp3) is 0.333. The van der Waals surface area contributed by atoms with E-state index >= 15 is 0 Å².